The molecule has 0 atom stereocenters. The van der Waals surface area contributed by atoms with Crippen LogP contribution in [0.4, 0.5) is 10.1 Å². The molecule has 31 heavy (non-hydrogen) atoms. The minimum Gasteiger partial charge on any atom is -0.351 e. The third-order valence-electron chi connectivity index (χ3n) is 5.22. The highest BCUT2D eigenvalue weighted by Crippen LogP contribution is 2.30. The zero-order valence-electron chi connectivity index (χ0n) is 17.0. The lowest BCUT2D eigenvalue weighted by Gasteiger charge is -2.18. The van der Waals surface area contributed by atoms with Crippen molar-refractivity contribution in [3.8, 4) is 0 Å². The first-order chi connectivity index (χ1) is 15.1. The molecular formula is C25H23FN2O2S. The fourth-order valence-corrected chi connectivity index (χ4v) is 4.39. The summed E-state index contributed by atoms with van der Waals surface area (Å²) < 4.78 is 12.9. The molecule has 4 rings (SSSR count). The van der Waals surface area contributed by atoms with E-state index < -0.39 is 0 Å². The standard InChI is InChI=1S/C25H23FN2O2S/c26-22-10-7-18(8-11-22)16-31-17-24(29)27-15-19-6-9-20-12-13-28(23(20)14-19)25(30)21-4-2-1-3-5-21/h1-11,14H,12-13,15-17H2,(H,27,29). The number of hydrogen-bond acceptors (Lipinski definition) is 3. The second-order valence-corrected chi connectivity index (χ2v) is 8.42. The molecule has 0 aliphatic carbocycles. The van der Waals surface area contributed by atoms with Gasteiger partial charge in [-0.3, -0.25) is 9.59 Å². The second kappa shape index (κ2) is 9.79. The quantitative estimate of drug-likeness (QED) is 0.592. The molecule has 0 radical (unpaired) electrons. The predicted octanol–water partition coefficient (Wildman–Crippen LogP) is 4.58. The molecule has 1 aliphatic rings. The number of halogens is 1. The number of carbonyl (C=O) groups excluding carboxylic acids is 2. The summed E-state index contributed by atoms with van der Waals surface area (Å²) in [5.74, 6) is 0.678. The number of benzene rings is 3. The van der Waals surface area contributed by atoms with Gasteiger partial charge in [-0.1, -0.05) is 42.5 Å². The van der Waals surface area contributed by atoms with E-state index >= 15 is 0 Å². The molecule has 0 spiro atoms. The summed E-state index contributed by atoms with van der Waals surface area (Å²) in [4.78, 5) is 26.9. The Morgan fingerprint density at radius 2 is 1.71 bits per heavy atom. The molecule has 0 bridgehead atoms. The van der Waals surface area contributed by atoms with E-state index in [0.29, 0.717) is 30.2 Å². The Kier molecular flexibility index (Phi) is 6.67. The first-order valence-electron chi connectivity index (χ1n) is 10.2. The largest absolute Gasteiger partial charge is 0.351 e. The average Bonchev–Trinajstić information content (AvgIpc) is 3.22. The maximum atomic E-state index is 12.9. The zero-order chi connectivity index (χ0) is 21.6. The molecule has 1 aliphatic heterocycles. The Labute approximate surface area is 185 Å². The highest BCUT2D eigenvalue weighted by Gasteiger charge is 2.25. The summed E-state index contributed by atoms with van der Waals surface area (Å²) in [6.45, 7) is 1.08. The summed E-state index contributed by atoms with van der Waals surface area (Å²) in [6.07, 6.45) is 0.834. The second-order valence-electron chi connectivity index (χ2n) is 7.43. The molecule has 1 heterocycles. The third-order valence-corrected chi connectivity index (χ3v) is 6.22. The van der Waals surface area contributed by atoms with Gasteiger partial charge in [0.1, 0.15) is 5.82 Å². The molecule has 1 N–H and O–H groups in total. The lowest BCUT2D eigenvalue weighted by molar-refractivity contribution is -0.118. The molecule has 0 fully saturated rings. The molecule has 4 nitrogen and oxygen atoms in total. The van der Waals surface area contributed by atoms with Crippen LogP contribution in [0, 0.1) is 5.82 Å². The van der Waals surface area contributed by atoms with Crippen LogP contribution in [0.1, 0.15) is 27.0 Å². The van der Waals surface area contributed by atoms with E-state index in [2.05, 4.69) is 5.32 Å². The number of nitrogens with zero attached hydrogens (tertiary/aromatic N) is 1. The van der Waals surface area contributed by atoms with Gasteiger partial charge >= 0.3 is 0 Å². The Balaban J connectivity index is 1.31. The van der Waals surface area contributed by atoms with E-state index in [-0.39, 0.29) is 17.6 Å². The molecule has 0 unspecified atom stereocenters. The van der Waals surface area contributed by atoms with Crippen LogP contribution in [0.15, 0.2) is 72.8 Å². The average molecular weight is 435 g/mol. The van der Waals surface area contributed by atoms with Crippen molar-refractivity contribution in [2.75, 3.05) is 17.2 Å². The van der Waals surface area contributed by atoms with Gasteiger partial charge in [0.2, 0.25) is 5.91 Å². The number of carbonyl (C=O) groups is 2. The smallest absolute Gasteiger partial charge is 0.258 e. The van der Waals surface area contributed by atoms with Gasteiger partial charge in [-0.15, -0.1) is 11.8 Å². The third kappa shape index (κ3) is 5.33. The van der Waals surface area contributed by atoms with E-state index in [1.54, 1.807) is 12.1 Å². The van der Waals surface area contributed by atoms with Crippen molar-refractivity contribution >= 4 is 29.3 Å². The van der Waals surface area contributed by atoms with Crippen LogP contribution >= 0.6 is 11.8 Å². The summed E-state index contributed by atoms with van der Waals surface area (Å²) >= 11 is 1.49. The van der Waals surface area contributed by atoms with Gasteiger partial charge in [-0.25, -0.2) is 4.39 Å². The van der Waals surface area contributed by atoms with Crippen molar-refractivity contribution in [2.24, 2.45) is 0 Å². The Hall–Kier alpha value is -3.12. The van der Waals surface area contributed by atoms with Crippen molar-refractivity contribution in [1.29, 1.82) is 0 Å². The summed E-state index contributed by atoms with van der Waals surface area (Å²) in [5, 5.41) is 2.94. The van der Waals surface area contributed by atoms with Crippen LogP contribution in [0.3, 0.4) is 0 Å². The number of hydrogen-bond donors (Lipinski definition) is 1. The topological polar surface area (TPSA) is 49.4 Å². The van der Waals surface area contributed by atoms with Crippen molar-refractivity contribution in [2.45, 2.75) is 18.7 Å². The van der Waals surface area contributed by atoms with Crippen LogP contribution in [-0.4, -0.2) is 24.1 Å². The van der Waals surface area contributed by atoms with Crippen LogP contribution < -0.4 is 10.2 Å². The fraction of sp³-hybridized carbons (Fsp3) is 0.200. The minimum atomic E-state index is -0.259. The van der Waals surface area contributed by atoms with Gasteiger partial charge in [0, 0.05) is 30.1 Å². The van der Waals surface area contributed by atoms with Crippen LogP contribution in [0.25, 0.3) is 0 Å². The lowest BCUT2D eigenvalue weighted by atomic mass is 10.1. The minimum absolute atomic E-state index is 0.00210. The Morgan fingerprint density at radius 1 is 0.968 bits per heavy atom. The van der Waals surface area contributed by atoms with E-state index in [1.807, 2.05) is 53.4 Å². The first-order valence-corrected chi connectivity index (χ1v) is 11.3. The van der Waals surface area contributed by atoms with E-state index in [1.165, 1.54) is 23.9 Å². The monoisotopic (exact) mass is 434 g/mol. The van der Waals surface area contributed by atoms with Crippen molar-refractivity contribution in [3.63, 3.8) is 0 Å². The van der Waals surface area contributed by atoms with Gasteiger partial charge in [0.15, 0.2) is 0 Å². The molecule has 3 aromatic rings. The summed E-state index contributed by atoms with van der Waals surface area (Å²) in [7, 11) is 0. The molecular weight excluding hydrogens is 411 g/mol. The molecule has 0 aromatic heterocycles. The first kappa shape index (κ1) is 21.1. The fourth-order valence-electron chi connectivity index (χ4n) is 3.58. The van der Waals surface area contributed by atoms with Gasteiger partial charge < -0.3 is 10.2 Å². The number of nitrogens with one attached hydrogen (secondary N) is 1. The Bertz CT molecular complexity index is 1070. The highest BCUT2D eigenvalue weighted by molar-refractivity contribution is 7.99. The van der Waals surface area contributed by atoms with Gasteiger partial charge in [0.05, 0.1) is 5.75 Å². The maximum Gasteiger partial charge on any atom is 0.258 e. The van der Waals surface area contributed by atoms with Crippen molar-refractivity contribution in [1.82, 2.24) is 5.32 Å². The highest BCUT2D eigenvalue weighted by atomic mass is 32.2. The van der Waals surface area contributed by atoms with Crippen LogP contribution in [-0.2, 0) is 23.5 Å². The summed E-state index contributed by atoms with van der Waals surface area (Å²) in [5.41, 5.74) is 4.69. The molecule has 3 aromatic carbocycles. The van der Waals surface area contributed by atoms with Gasteiger partial charge in [-0.05, 0) is 53.4 Å². The number of anilines is 1. The van der Waals surface area contributed by atoms with Crippen LogP contribution in [0.5, 0.6) is 0 Å². The normalized spacial score (nSPS) is 12.5. The molecule has 0 saturated heterocycles. The maximum absolute atomic E-state index is 12.9. The lowest BCUT2D eigenvalue weighted by Crippen LogP contribution is -2.29. The SMILES string of the molecule is O=C(CSCc1ccc(F)cc1)NCc1ccc2c(c1)N(C(=O)c1ccccc1)CC2. The van der Waals surface area contributed by atoms with Crippen molar-refractivity contribution in [3.05, 3.63) is 101 Å². The molecule has 2 amide bonds. The number of amides is 2. The van der Waals surface area contributed by atoms with Gasteiger partial charge in [0.25, 0.3) is 5.91 Å². The predicted molar refractivity (Wildman–Crippen MR) is 123 cm³/mol. The number of fused-ring (bicyclic) bond motifs is 1. The molecule has 158 valence electrons. The number of rotatable bonds is 7. The van der Waals surface area contributed by atoms with Crippen LogP contribution in [0.2, 0.25) is 0 Å². The Morgan fingerprint density at radius 3 is 2.48 bits per heavy atom. The summed E-state index contributed by atoms with van der Waals surface area (Å²) in [6, 6.07) is 21.6. The number of thioether (sulfide) groups is 1. The van der Waals surface area contributed by atoms with Crippen molar-refractivity contribution < 1.29 is 14.0 Å². The molecule has 0 saturated carbocycles. The van der Waals surface area contributed by atoms with Gasteiger partial charge in [-0.2, -0.15) is 0 Å². The van der Waals surface area contributed by atoms with E-state index in [9.17, 15) is 14.0 Å². The van der Waals surface area contributed by atoms with E-state index in [0.717, 1.165) is 28.8 Å². The molecule has 6 heteroatoms. The zero-order valence-corrected chi connectivity index (χ0v) is 17.8. The van der Waals surface area contributed by atoms with E-state index in [4.69, 9.17) is 0 Å².